The lowest BCUT2D eigenvalue weighted by atomic mass is 10.0. The first-order valence-corrected chi connectivity index (χ1v) is 8.64. The van der Waals surface area contributed by atoms with Crippen LogP contribution < -0.4 is 20.7 Å². The van der Waals surface area contributed by atoms with Gasteiger partial charge in [0.1, 0.15) is 11.4 Å². The fourth-order valence-electron chi connectivity index (χ4n) is 3.63. The first kappa shape index (κ1) is 17.6. The molecular formula is C19H24N2O4. The maximum atomic E-state index is 12.2. The van der Waals surface area contributed by atoms with Gasteiger partial charge in [0.2, 0.25) is 0 Å². The van der Waals surface area contributed by atoms with Gasteiger partial charge in [-0.3, -0.25) is 9.59 Å². The average molecular weight is 344 g/mol. The quantitative estimate of drug-likeness (QED) is 0.755. The summed E-state index contributed by atoms with van der Waals surface area (Å²) in [5.41, 5.74) is 0.470. The highest BCUT2D eigenvalue weighted by atomic mass is 16.3. The first-order valence-electron chi connectivity index (χ1n) is 8.64. The summed E-state index contributed by atoms with van der Waals surface area (Å²) in [5, 5.41) is 20.1. The summed E-state index contributed by atoms with van der Waals surface area (Å²) >= 11 is 0. The fraction of sp³-hybridized carbons (Fsp3) is 0.474. The predicted molar refractivity (Wildman–Crippen MR) is 98.1 cm³/mol. The van der Waals surface area contributed by atoms with Crippen LogP contribution in [0.5, 0.6) is 0 Å². The SMILES string of the molecule is C[C@@H]([C@H](O)c1ccccc1)N(C)c1c(N2CCC[C@H]2CO)c(=O)c1=O. The maximum Gasteiger partial charge on any atom is 0.253 e. The molecule has 1 heterocycles. The van der Waals surface area contributed by atoms with Gasteiger partial charge in [-0.25, -0.2) is 0 Å². The van der Waals surface area contributed by atoms with E-state index in [1.54, 1.807) is 11.9 Å². The Labute approximate surface area is 146 Å². The van der Waals surface area contributed by atoms with Crippen LogP contribution in [0.25, 0.3) is 0 Å². The first-order chi connectivity index (χ1) is 12.0. The number of hydrogen-bond donors (Lipinski definition) is 2. The van der Waals surface area contributed by atoms with Crippen molar-refractivity contribution in [1.29, 1.82) is 0 Å². The summed E-state index contributed by atoms with van der Waals surface area (Å²) in [5.74, 6) is 0. The van der Waals surface area contributed by atoms with Gasteiger partial charge in [-0.15, -0.1) is 0 Å². The zero-order valence-corrected chi connectivity index (χ0v) is 14.6. The summed E-state index contributed by atoms with van der Waals surface area (Å²) in [6.45, 7) is 2.45. The lowest BCUT2D eigenvalue weighted by molar-refractivity contribution is 0.151. The van der Waals surface area contributed by atoms with E-state index in [1.807, 2.05) is 42.2 Å². The summed E-state index contributed by atoms with van der Waals surface area (Å²) in [6.07, 6.45) is 0.909. The Hall–Kier alpha value is -2.18. The number of rotatable bonds is 6. The summed E-state index contributed by atoms with van der Waals surface area (Å²) in [6, 6.07) is 8.75. The molecule has 0 spiro atoms. The molecule has 3 atom stereocenters. The molecule has 2 N–H and O–H groups in total. The number of anilines is 2. The maximum absolute atomic E-state index is 12.2. The molecule has 6 heteroatoms. The molecule has 6 nitrogen and oxygen atoms in total. The third-order valence-electron chi connectivity index (χ3n) is 5.30. The molecule has 0 saturated carbocycles. The zero-order chi connectivity index (χ0) is 18.1. The Bertz CT molecular complexity index is 797. The summed E-state index contributed by atoms with van der Waals surface area (Å²) in [4.78, 5) is 27.9. The van der Waals surface area contributed by atoms with Gasteiger partial charge < -0.3 is 20.0 Å². The number of aliphatic hydroxyl groups excluding tert-OH is 2. The van der Waals surface area contributed by atoms with E-state index in [4.69, 9.17) is 0 Å². The minimum absolute atomic E-state index is 0.0375. The van der Waals surface area contributed by atoms with Crippen molar-refractivity contribution in [2.24, 2.45) is 0 Å². The molecular weight excluding hydrogens is 320 g/mol. The highest BCUT2D eigenvalue weighted by molar-refractivity contribution is 5.77. The Kier molecular flexibility index (Phi) is 4.92. The van der Waals surface area contributed by atoms with Crippen molar-refractivity contribution in [2.45, 2.75) is 38.0 Å². The molecule has 2 aromatic carbocycles. The van der Waals surface area contributed by atoms with E-state index >= 15 is 0 Å². The van der Waals surface area contributed by atoms with Crippen molar-refractivity contribution in [1.82, 2.24) is 0 Å². The van der Waals surface area contributed by atoms with Crippen molar-refractivity contribution < 1.29 is 10.2 Å². The molecule has 1 aliphatic rings. The van der Waals surface area contributed by atoms with Crippen LogP contribution in [-0.4, -0.2) is 42.5 Å². The van der Waals surface area contributed by atoms with Gasteiger partial charge in [0.15, 0.2) is 0 Å². The number of aliphatic hydroxyl groups is 2. The van der Waals surface area contributed by atoms with Crippen molar-refractivity contribution in [3.63, 3.8) is 0 Å². The molecule has 0 aliphatic carbocycles. The minimum atomic E-state index is -0.782. The monoisotopic (exact) mass is 344 g/mol. The van der Waals surface area contributed by atoms with Gasteiger partial charge in [-0.1, -0.05) is 30.3 Å². The molecule has 1 fully saturated rings. The van der Waals surface area contributed by atoms with Gasteiger partial charge in [0.25, 0.3) is 10.9 Å². The molecule has 0 radical (unpaired) electrons. The summed E-state index contributed by atoms with van der Waals surface area (Å²) < 4.78 is 0. The third kappa shape index (κ3) is 2.96. The number of benzene rings is 1. The molecule has 0 aromatic heterocycles. The van der Waals surface area contributed by atoms with Crippen LogP contribution in [0, 0.1) is 0 Å². The lowest BCUT2D eigenvalue weighted by Crippen LogP contribution is -2.50. The molecule has 25 heavy (non-hydrogen) atoms. The molecule has 3 rings (SSSR count). The van der Waals surface area contributed by atoms with E-state index in [9.17, 15) is 19.8 Å². The van der Waals surface area contributed by atoms with Crippen LogP contribution in [0.1, 0.15) is 31.4 Å². The van der Waals surface area contributed by atoms with Gasteiger partial charge >= 0.3 is 0 Å². The Morgan fingerprint density at radius 2 is 1.92 bits per heavy atom. The van der Waals surface area contributed by atoms with Crippen molar-refractivity contribution in [3.05, 3.63) is 56.3 Å². The molecule has 0 unspecified atom stereocenters. The summed E-state index contributed by atoms with van der Waals surface area (Å²) in [7, 11) is 1.72. The second kappa shape index (κ2) is 6.98. The van der Waals surface area contributed by atoms with Crippen molar-refractivity contribution in [3.8, 4) is 0 Å². The van der Waals surface area contributed by atoms with Crippen LogP contribution in [0.4, 0.5) is 11.4 Å². The highest BCUT2D eigenvalue weighted by Crippen LogP contribution is 2.33. The molecule has 134 valence electrons. The fourth-order valence-corrected chi connectivity index (χ4v) is 3.63. The third-order valence-corrected chi connectivity index (χ3v) is 5.30. The van der Waals surface area contributed by atoms with E-state index < -0.39 is 17.0 Å². The van der Waals surface area contributed by atoms with E-state index in [0.29, 0.717) is 17.9 Å². The van der Waals surface area contributed by atoms with E-state index in [1.165, 1.54) is 0 Å². The zero-order valence-electron chi connectivity index (χ0n) is 14.6. The molecule has 0 amide bonds. The van der Waals surface area contributed by atoms with Crippen LogP contribution in [0.3, 0.4) is 0 Å². The van der Waals surface area contributed by atoms with Crippen LogP contribution in [-0.2, 0) is 0 Å². The van der Waals surface area contributed by atoms with E-state index in [0.717, 1.165) is 18.4 Å². The van der Waals surface area contributed by atoms with E-state index in [2.05, 4.69) is 0 Å². The molecule has 1 aliphatic heterocycles. The topological polar surface area (TPSA) is 81.1 Å². The number of likely N-dealkylation sites (N-methyl/N-ethyl adjacent to an activating group) is 1. The Morgan fingerprint density at radius 3 is 2.56 bits per heavy atom. The second-order valence-corrected chi connectivity index (χ2v) is 6.73. The van der Waals surface area contributed by atoms with Crippen LogP contribution in [0.15, 0.2) is 39.9 Å². The lowest BCUT2D eigenvalue weighted by Gasteiger charge is -2.36. The number of hydrogen-bond acceptors (Lipinski definition) is 6. The Morgan fingerprint density at radius 1 is 1.24 bits per heavy atom. The molecule has 2 aromatic rings. The van der Waals surface area contributed by atoms with Gasteiger partial charge in [0, 0.05) is 13.6 Å². The van der Waals surface area contributed by atoms with Gasteiger partial charge in [-0.05, 0) is 25.3 Å². The van der Waals surface area contributed by atoms with Crippen LogP contribution >= 0.6 is 0 Å². The van der Waals surface area contributed by atoms with E-state index in [-0.39, 0.29) is 18.7 Å². The average Bonchev–Trinajstić information content (AvgIpc) is 3.11. The smallest absolute Gasteiger partial charge is 0.253 e. The number of nitrogens with zero attached hydrogens (tertiary/aromatic N) is 2. The van der Waals surface area contributed by atoms with Crippen LogP contribution in [0.2, 0.25) is 0 Å². The van der Waals surface area contributed by atoms with Crippen molar-refractivity contribution >= 4 is 11.4 Å². The normalized spacial score (nSPS) is 20.0. The molecule has 1 saturated heterocycles. The Balaban J connectivity index is 1.88. The largest absolute Gasteiger partial charge is 0.394 e. The highest BCUT2D eigenvalue weighted by Gasteiger charge is 2.36. The van der Waals surface area contributed by atoms with Crippen molar-refractivity contribution in [2.75, 3.05) is 30.0 Å². The minimum Gasteiger partial charge on any atom is -0.394 e. The second-order valence-electron chi connectivity index (χ2n) is 6.73. The van der Waals surface area contributed by atoms with Gasteiger partial charge in [-0.2, -0.15) is 0 Å². The molecule has 0 bridgehead atoms. The van der Waals surface area contributed by atoms with Gasteiger partial charge in [0.05, 0.1) is 24.8 Å². The predicted octanol–water partition coefficient (Wildman–Crippen LogP) is 0.802. The standard InChI is InChI=1S/C19H24N2O4/c1-12(17(23)13-7-4-3-5-8-13)20(2)15-16(19(25)18(15)24)21-10-6-9-14(21)11-22/h3-5,7-8,12,14,17,22-23H,6,9-11H2,1-2H3/t12-,14-,17-/m0/s1.